The van der Waals surface area contributed by atoms with Gasteiger partial charge in [0.05, 0.1) is 6.61 Å². The van der Waals surface area contributed by atoms with E-state index >= 15 is 0 Å². The Morgan fingerprint density at radius 2 is 1.89 bits per heavy atom. The van der Waals surface area contributed by atoms with Crippen LogP contribution in [-0.4, -0.2) is 13.2 Å². The molecule has 100 valence electrons. The molecule has 0 aromatic heterocycles. The Morgan fingerprint density at radius 3 is 2.63 bits per heavy atom. The summed E-state index contributed by atoms with van der Waals surface area (Å²) in [5.41, 5.74) is 1.12. The first-order valence-electron chi connectivity index (χ1n) is 6.12. The molecule has 0 aliphatic carbocycles. The first kappa shape index (κ1) is 14.5. The number of benzene rings is 2. The number of halogens is 2. The predicted molar refractivity (Wildman–Crippen MR) is 89.2 cm³/mol. The van der Waals surface area contributed by atoms with Gasteiger partial charge in [0, 0.05) is 20.8 Å². The van der Waals surface area contributed by atoms with E-state index in [1.807, 2.05) is 48.5 Å². The maximum Gasteiger partial charge on any atom is 0.119 e. The Labute approximate surface area is 132 Å². The number of para-hydroxylation sites is 1. The van der Waals surface area contributed by atoms with Gasteiger partial charge in [0.2, 0.25) is 0 Å². The standard InChI is InChI=1S/C15H15ClINO/c16-12-7-8-15(14(17)11-12)18-9-4-10-19-13-5-2-1-3-6-13/h1-3,5-8,11,18H,4,9-10H2. The molecule has 0 radical (unpaired) electrons. The highest BCUT2D eigenvalue weighted by Crippen LogP contribution is 2.22. The summed E-state index contributed by atoms with van der Waals surface area (Å²) in [6.07, 6.45) is 0.952. The van der Waals surface area contributed by atoms with Crippen LogP contribution in [0.2, 0.25) is 5.02 Å². The van der Waals surface area contributed by atoms with Gasteiger partial charge in [-0.1, -0.05) is 29.8 Å². The highest BCUT2D eigenvalue weighted by Gasteiger charge is 1.99. The van der Waals surface area contributed by atoms with Crippen LogP contribution in [0.1, 0.15) is 6.42 Å². The number of anilines is 1. The minimum Gasteiger partial charge on any atom is -0.494 e. The molecule has 2 aromatic rings. The van der Waals surface area contributed by atoms with Gasteiger partial charge in [0.25, 0.3) is 0 Å². The van der Waals surface area contributed by atoms with Crippen molar-refractivity contribution in [1.82, 2.24) is 0 Å². The lowest BCUT2D eigenvalue weighted by molar-refractivity contribution is 0.315. The van der Waals surface area contributed by atoms with Crippen LogP contribution in [0, 0.1) is 3.57 Å². The van der Waals surface area contributed by atoms with E-state index in [4.69, 9.17) is 16.3 Å². The van der Waals surface area contributed by atoms with Crippen molar-refractivity contribution in [3.63, 3.8) is 0 Å². The molecule has 0 bridgehead atoms. The van der Waals surface area contributed by atoms with Crippen LogP contribution in [0.3, 0.4) is 0 Å². The van der Waals surface area contributed by atoms with E-state index < -0.39 is 0 Å². The van der Waals surface area contributed by atoms with Crippen molar-refractivity contribution in [2.75, 3.05) is 18.5 Å². The third-order valence-electron chi connectivity index (χ3n) is 2.58. The summed E-state index contributed by atoms with van der Waals surface area (Å²) < 4.78 is 6.76. The molecule has 0 aliphatic heterocycles. The van der Waals surface area contributed by atoms with E-state index in [1.54, 1.807) is 0 Å². The molecule has 19 heavy (non-hydrogen) atoms. The second-order valence-corrected chi connectivity index (χ2v) is 5.66. The highest BCUT2D eigenvalue weighted by molar-refractivity contribution is 14.1. The fourth-order valence-electron chi connectivity index (χ4n) is 1.63. The number of hydrogen-bond donors (Lipinski definition) is 1. The van der Waals surface area contributed by atoms with E-state index in [9.17, 15) is 0 Å². The van der Waals surface area contributed by atoms with Gasteiger partial charge in [-0.05, 0) is 59.3 Å². The molecule has 0 saturated carbocycles. The van der Waals surface area contributed by atoms with E-state index in [0.717, 1.165) is 33.0 Å². The quantitative estimate of drug-likeness (QED) is 0.566. The van der Waals surface area contributed by atoms with Gasteiger partial charge in [-0.15, -0.1) is 0 Å². The molecule has 0 amide bonds. The maximum atomic E-state index is 5.92. The zero-order valence-electron chi connectivity index (χ0n) is 10.4. The molecule has 4 heteroatoms. The molecule has 0 fully saturated rings. The Balaban J connectivity index is 1.69. The Hall–Kier alpha value is -0.940. The van der Waals surface area contributed by atoms with Crippen molar-refractivity contribution in [2.45, 2.75) is 6.42 Å². The lowest BCUT2D eigenvalue weighted by Gasteiger charge is -2.09. The van der Waals surface area contributed by atoms with E-state index in [0.29, 0.717) is 6.61 Å². The van der Waals surface area contributed by atoms with Crippen molar-refractivity contribution < 1.29 is 4.74 Å². The zero-order valence-corrected chi connectivity index (χ0v) is 13.3. The maximum absolute atomic E-state index is 5.92. The minimum atomic E-state index is 0.710. The molecule has 0 spiro atoms. The molecular formula is C15H15ClINO. The third-order valence-corrected chi connectivity index (χ3v) is 3.71. The predicted octanol–water partition coefficient (Wildman–Crippen LogP) is 4.83. The van der Waals surface area contributed by atoms with Crippen molar-refractivity contribution in [3.8, 4) is 5.75 Å². The summed E-state index contributed by atoms with van der Waals surface area (Å²) in [6, 6.07) is 15.7. The summed E-state index contributed by atoms with van der Waals surface area (Å²) in [5, 5.41) is 4.15. The Kier molecular flexibility index (Phi) is 5.79. The molecule has 2 rings (SSSR count). The molecule has 1 N–H and O–H groups in total. The van der Waals surface area contributed by atoms with Gasteiger partial charge >= 0.3 is 0 Å². The van der Waals surface area contributed by atoms with Crippen molar-refractivity contribution in [3.05, 3.63) is 57.1 Å². The smallest absolute Gasteiger partial charge is 0.119 e. The largest absolute Gasteiger partial charge is 0.494 e. The molecule has 0 heterocycles. The summed E-state index contributed by atoms with van der Waals surface area (Å²) >= 11 is 8.19. The van der Waals surface area contributed by atoms with E-state index in [1.165, 1.54) is 0 Å². The molecule has 0 aliphatic rings. The fraction of sp³-hybridized carbons (Fsp3) is 0.200. The lowest BCUT2D eigenvalue weighted by atomic mass is 10.3. The average Bonchev–Trinajstić information content (AvgIpc) is 2.42. The monoisotopic (exact) mass is 387 g/mol. The summed E-state index contributed by atoms with van der Waals surface area (Å²) in [5.74, 6) is 0.920. The molecular weight excluding hydrogens is 373 g/mol. The SMILES string of the molecule is Clc1ccc(NCCCOc2ccccc2)c(I)c1. The number of ether oxygens (including phenoxy) is 1. The first-order chi connectivity index (χ1) is 9.25. The number of nitrogens with one attached hydrogen (secondary N) is 1. The molecule has 0 unspecified atom stereocenters. The Morgan fingerprint density at radius 1 is 1.11 bits per heavy atom. The molecule has 2 aromatic carbocycles. The van der Waals surface area contributed by atoms with Gasteiger partial charge in [-0.2, -0.15) is 0 Å². The van der Waals surface area contributed by atoms with Crippen LogP contribution >= 0.6 is 34.2 Å². The molecule has 2 nitrogen and oxygen atoms in total. The van der Waals surface area contributed by atoms with Crippen LogP contribution in [0.4, 0.5) is 5.69 Å². The van der Waals surface area contributed by atoms with Gasteiger partial charge in [0.1, 0.15) is 5.75 Å². The van der Waals surface area contributed by atoms with E-state index in [2.05, 4.69) is 27.9 Å². The Bertz CT molecular complexity index is 519. The number of rotatable bonds is 6. The summed E-state index contributed by atoms with van der Waals surface area (Å²) in [4.78, 5) is 0. The zero-order chi connectivity index (χ0) is 13.5. The number of hydrogen-bond acceptors (Lipinski definition) is 2. The van der Waals surface area contributed by atoms with Gasteiger partial charge in [-0.25, -0.2) is 0 Å². The van der Waals surface area contributed by atoms with Crippen LogP contribution in [0.5, 0.6) is 5.75 Å². The van der Waals surface area contributed by atoms with Gasteiger partial charge in [-0.3, -0.25) is 0 Å². The second kappa shape index (κ2) is 7.60. The molecule has 0 saturated heterocycles. The van der Waals surface area contributed by atoms with Crippen LogP contribution in [0.25, 0.3) is 0 Å². The summed E-state index contributed by atoms with van der Waals surface area (Å²) in [7, 11) is 0. The van der Waals surface area contributed by atoms with Crippen LogP contribution in [0.15, 0.2) is 48.5 Å². The highest BCUT2D eigenvalue weighted by atomic mass is 127. The minimum absolute atomic E-state index is 0.710. The summed E-state index contributed by atoms with van der Waals surface area (Å²) in [6.45, 7) is 1.59. The lowest BCUT2D eigenvalue weighted by Crippen LogP contribution is -2.08. The average molecular weight is 388 g/mol. The topological polar surface area (TPSA) is 21.3 Å². The van der Waals surface area contributed by atoms with Crippen molar-refractivity contribution in [1.29, 1.82) is 0 Å². The van der Waals surface area contributed by atoms with Crippen molar-refractivity contribution >= 4 is 39.9 Å². The fourth-order valence-corrected chi connectivity index (χ4v) is 2.70. The molecule has 0 atom stereocenters. The normalized spacial score (nSPS) is 10.2. The first-order valence-corrected chi connectivity index (χ1v) is 7.58. The van der Waals surface area contributed by atoms with Crippen LogP contribution < -0.4 is 10.1 Å². The third kappa shape index (κ3) is 4.91. The van der Waals surface area contributed by atoms with Crippen LogP contribution in [-0.2, 0) is 0 Å². The van der Waals surface area contributed by atoms with E-state index in [-0.39, 0.29) is 0 Å². The second-order valence-electron chi connectivity index (χ2n) is 4.07. The van der Waals surface area contributed by atoms with Gasteiger partial charge < -0.3 is 10.1 Å². The van der Waals surface area contributed by atoms with Crippen molar-refractivity contribution in [2.24, 2.45) is 0 Å². The van der Waals surface area contributed by atoms with Gasteiger partial charge in [0.15, 0.2) is 0 Å².